The lowest BCUT2D eigenvalue weighted by atomic mass is 9.87. The van der Waals surface area contributed by atoms with Crippen LogP contribution in [0.4, 0.5) is 0 Å². The zero-order valence-corrected chi connectivity index (χ0v) is 18.8. The Morgan fingerprint density at radius 3 is 2.10 bits per heavy atom. The summed E-state index contributed by atoms with van der Waals surface area (Å²) in [5, 5.41) is 9.92. The average molecular weight is 459 g/mol. The zero-order chi connectivity index (χ0) is 23.0. The fourth-order valence-electron chi connectivity index (χ4n) is 3.09. The van der Waals surface area contributed by atoms with Gasteiger partial charge in [0.15, 0.2) is 5.78 Å². The highest BCUT2D eigenvalue weighted by molar-refractivity contribution is 7.86. The summed E-state index contributed by atoms with van der Waals surface area (Å²) in [7, 11) is -6.43. The van der Waals surface area contributed by atoms with Crippen LogP contribution in [-0.4, -0.2) is 28.1 Å². The molecule has 2 N–H and O–H groups in total. The first-order chi connectivity index (χ1) is 14.4. The van der Waals surface area contributed by atoms with Crippen LogP contribution in [0.2, 0.25) is 0 Å². The van der Waals surface area contributed by atoms with Crippen molar-refractivity contribution < 1.29 is 27.1 Å². The maximum atomic E-state index is 13.3. The molecule has 0 heterocycles. The molecule has 3 aromatic carbocycles. The van der Waals surface area contributed by atoms with Gasteiger partial charge in [0, 0.05) is 16.0 Å². The summed E-state index contributed by atoms with van der Waals surface area (Å²) < 4.78 is 46.2. The molecule has 0 aromatic heterocycles. The highest BCUT2D eigenvalue weighted by Crippen LogP contribution is 2.29. The Morgan fingerprint density at radius 1 is 0.903 bits per heavy atom. The van der Waals surface area contributed by atoms with Crippen LogP contribution in [0.25, 0.3) is 0 Å². The molecule has 162 valence electrons. The van der Waals surface area contributed by atoms with Crippen molar-refractivity contribution in [2.24, 2.45) is 0 Å². The number of aromatic hydroxyl groups is 1. The molecule has 3 rings (SSSR count). The summed E-state index contributed by atoms with van der Waals surface area (Å²) in [6.07, 6.45) is 0. The van der Waals surface area contributed by atoms with E-state index in [1.807, 2.05) is 12.1 Å². The monoisotopic (exact) mass is 458 g/mol. The SMILES string of the molecule is CC(C)(C)c1ccc(S(=O)c2ccc(O)cc2C(=O)c2ccccc2S(=O)(=O)O)cc1. The second kappa shape index (κ2) is 8.37. The van der Waals surface area contributed by atoms with Crippen molar-refractivity contribution in [3.05, 3.63) is 83.4 Å². The van der Waals surface area contributed by atoms with Crippen LogP contribution in [0.15, 0.2) is 81.4 Å². The van der Waals surface area contributed by atoms with E-state index in [1.165, 1.54) is 30.3 Å². The van der Waals surface area contributed by atoms with Crippen molar-refractivity contribution >= 4 is 26.7 Å². The highest BCUT2D eigenvalue weighted by Gasteiger charge is 2.25. The van der Waals surface area contributed by atoms with Gasteiger partial charge in [-0.1, -0.05) is 45.0 Å². The molecule has 0 fully saturated rings. The molecule has 0 amide bonds. The van der Waals surface area contributed by atoms with Gasteiger partial charge in [0.05, 0.1) is 15.7 Å². The molecule has 31 heavy (non-hydrogen) atoms. The van der Waals surface area contributed by atoms with Crippen LogP contribution in [0, 0.1) is 0 Å². The number of hydrogen-bond acceptors (Lipinski definition) is 5. The lowest BCUT2D eigenvalue weighted by Gasteiger charge is -2.19. The van der Waals surface area contributed by atoms with Gasteiger partial charge in [-0.05, 0) is 53.4 Å². The summed E-state index contributed by atoms with van der Waals surface area (Å²) >= 11 is 0. The van der Waals surface area contributed by atoms with Crippen molar-refractivity contribution in [2.75, 3.05) is 0 Å². The Morgan fingerprint density at radius 2 is 1.52 bits per heavy atom. The maximum Gasteiger partial charge on any atom is 0.295 e. The zero-order valence-electron chi connectivity index (χ0n) is 17.2. The van der Waals surface area contributed by atoms with Crippen molar-refractivity contribution in [1.82, 2.24) is 0 Å². The van der Waals surface area contributed by atoms with Crippen LogP contribution < -0.4 is 0 Å². The summed E-state index contributed by atoms with van der Waals surface area (Å²) in [5.74, 6) is -1.02. The number of phenols is 1. The number of benzene rings is 3. The third-order valence-electron chi connectivity index (χ3n) is 4.75. The van der Waals surface area contributed by atoms with Crippen molar-refractivity contribution in [2.45, 2.75) is 40.9 Å². The Balaban J connectivity index is 2.10. The first kappa shape index (κ1) is 22.9. The predicted molar refractivity (Wildman–Crippen MR) is 118 cm³/mol. The number of ketones is 1. The topological polar surface area (TPSA) is 109 Å². The largest absolute Gasteiger partial charge is 0.508 e. The third kappa shape index (κ3) is 4.92. The van der Waals surface area contributed by atoms with E-state index in [0.717, 1.165) is 17.7 Å². The van der Waals surface area contributed by atoms with E-state index in [1.54, 1.807) is 12.1 Å². The van der Waals surface area contributed by atoms with E-state index >= 15 is 0 Å². The molecule has 1 atom stereocenters. The fraction of sp³-hybridized carbons (Fsp3) is 0.174. The summed E-state index contributed by atoms with van der Waals surface area (Å²) in [6.45, 7) is 6.17. The number of rotatable bonds is 5. The minimum Gasteiger partial charge on any atom is -0.508 e. The minimum atomic E-state index is -4.66. The van der Waals surface area contributed by atoms with E-state index < -0.39 is 31.6 Å². The fourth-order valence-corrected chi connectivity index (χ4v) is 4.96. The number of carbonyl (C=O) groups excluding carboxylic acids is 1. The molecule has 8 heteroatoms. The molecule has 0 aliphatic rings. The van der Waals surface area contributed by atoms with Crippen molar-refractivity contribution in [1.29, 1.82) is 0 Å². The van der Waals surface area contributed by atoms with Crippen LogP contribution in [-0.2, 0) is 26.3 Å². The van der Waals surface area contributed by atoms with Crippen LogP contribution >= 0.6 is 0 Å². The summed E-state index contributed by atoms with van der Waals surface area (Å²) in [5.41, 5.74) is 0.572. The summed E-state index contributed by atoms with van der Waals surface area (Å²) in [4.78, 5) is 13.2. The van der Waals surface area contributed by atoms with Gasteiger partial charge in [-0.2, -0.15) is 8.42 Å². The van der Waals surface area contributed by atoms with Crippen molar-refractivity contribution in [3.8, 4) is 5.75 Å². The molecule has 1 unspecified atom stereocenters. The first-order valence-electron chi connectivity index (χ1n) is 9.36. The Bertz CT molecular complexity index is 1270. The number of phenolic OH excluding ortho intramolecular Hbond substituents is 1. The standard InChI is InChI=1S/C23H22O6S2/c1-23(2,3)15-8-11-17(12-9-15)30(26)20-13-10-16(24)14-19(20)22(25)18-6-4-5-7-21(18)31(27,28)29/h4-14,24H,1-3H3,(H,27,28,29). The van der Waals surface area contributed by atoms with Gasteiger partial charge in [-0.15, -0.1) is 0 Å². The van der Waals surface area contributed by atoms with E-state index in [9.17, 15) is 27.1 Å². The van der Waals surface area contributed by atoms with E-state index in [0.29, 0.717) is 4.90 Å². The lowest BCUT2D eigenvalue weighted by Crippen LogP contribution is -2.13. The Labute approximate surface area is 183 Å². The molecule has 0 saturated heterocycles. The van der Waals surface area contributed by atoms with E-state index in [2.05, 4.69) is 20.8 Å². The first-order valence-corrected chi connectivity index (χ1v) is 11.9. The second-order valence-electron chi connectivity index (χ2n) is 8.02. The van der Waals surface area contributed by atoms with Crippen LogP contribution in [0.1, 0.15) is 42.3 Å². The smallest absolute Gasteiger partial charge is 0.295 e. The molecule has 0 radical (unpaired) electrons. The molecular formula is C23H22O6S2. The van der Waals surface area contributed by atoms with E-state index in [4.69, 9.17) is 0 Å². The van der Waals surface area contributed by atoms with Crippen LogP contribution in [0.5, 0.6) is 5.75 Å². The highest BCUT2D eigenvalue weighted by atomic mass is 32.2. The lowest BCUT2D eigenvalue weighted by molar-refractivity contribution is 0.103. The quantitative estimate of drug-likeness (QED) is 0.435. The van der Waals surface area contributed by atoms with Gasteiger partial charge >= 0.3 is 0 Å². The van der Waals surface area contributed by atoms with Gasteiger partial charge in [0.2, 0.25) is 0 Å². The van der Waals surface area contributed by atoms with Gasteiger partial charge in [-0.3, -0.25) is 9.35 Å². The summed E-state index contributed by atoms with van der Waals surface area (Å²) in [6, 6.07) is 16.1. The Hall–Kier alpha value is -2.81. The molecule has 3 aromatic rings. The Kier molecular flexibility index (Phi) is 6.18. The average Bonchev–Trinajstić information content (AvgIpc) is 2.71. The van der Waals surface area contributed by atoms with Gasteiger partial charge in [0.25, 0.3) is 10.1 Å². The molecule has 0 saturated carbocycles. The molecule has 6 nitrogen and oxygen atoms in total. The predicted octanol–water partition coefficient (Wildman–Crippen LogP) is 4.33. The van der Waals surface area contributed by atoms with Gasteiger partial charge < -0.3 is 5.11 Å². The molecule has 0 bridgehead atoms. The van der Waals surface area contributed by atoms with Crippen molar-refractivity contribution in [3.63, 3.8) is 0 Å². The third-order valence-corrected chi connectivity index (χ3v) is 7.12. The van der Waals surface area contributed by atoms with Gasteiger partial charge in [-0.25, -0.2) is 4.21 Å². The second-order valence-corrected chi connectivity index (χ2v) is 10.9. The van der Waals surface area contributed by atoms with Gasteiger partial charge in [0.1, 0.15) is 10.6 Å². The maximum absolute atomic E-state index is 13.3. The van der Waals surface area contributed by atoms with E-state index in [-0.39, 0.29) is 27.2 Å². The number of carbonyl (C=O) groups is 1. The normalized spacial score (nSPS) is 13.0. The molecule has 0 spiro atoms. The molecule has 0 aliphatic carbocycles. The molecule has 0 aliphatic heterocycles. The number of hydrogen-bond donors (Lipinski definition) is 2. The molecular weight excluding hydrogens is 436 g/mol. The van der Waals surface area contributed by atoms with Crippen LogP contribution in [0.3, 0.4) is 0 Å². The minimum absolute atomic E-state index is 0.0841.